The zero-order valence-electron chi connectivity index (χ0n) is 13.2. The lowest BCUT2D eigenvalue weighted by Gasteiger charge is -2.17. The Kier molecular flexibility index (Phi) is 3.99. The van der Waals surface area contributed by atoms with Crippen molar-refractivity contribution in [2.75, 3.05) is 12.4 Å². The van der Waals surface area contributed by atoms with E-state index in [1.807, 2.05) is 36.4 Å². The molecule has 2 aromatic carbocycles. The van der Waals surface area contributed by atoms with Gasteiger partial charge in [-0.1, -0.05) is 23.2 Å². The molecule has 1 N–H and O–H groups in total. The monoisotopic (exact) mass is 358 g/mol. The van der Waals surface area contributed by atoms with Crippen molar-refractivity contribution in [3.05, 3.63) is 57.7 Å². The molecule has 0 unspecified atom stereocenters. The van der Waals surface area contributed by atoms with E-state index in [-0.39, 0.29) is 0 Å². The number of hydrogen-bond acceptors (Lipinski definition) is 3. The topological polar surface area (TPSA) is 34.1 Å². The summed E-state index contributed by atoms with van der Waals surface area (Å²) in [5.74, 6) is 0.748. The molecule has 5 heteroatoms. The summed E-state index contributed by atoms with van der Waals surface area (Å²) in [4.78, 5) is 4.80. The van der Waals surface area contributed by atoms with Crippen LogP contribution in [-0.4, -0.2) is 12.1 Å². The molecule has 1 heterocycles. The van der Waals surface area contributed by atoms with Gasteiger partial charge in [0.2, 0.25) is 0 Å². The maximum Gasteiger partial charge on any atom is 0.142 e. The second-order valence-corrected chi connectivity index (χ2v) is 6.77. The number of fused-ring (bicyclic) bond motifs is 2. The highest BCUT2D eigenvalue weighted by Crippen LogP contribution is 2.39. The van der Waals surface area contributed by atoms with Crippen LogP contribution in [0.25, 0.3) is 10.9 Å². The van der Waals surface area contributed by atoms with Gasteiger partial charge in [-0.15, -0.1) is 0 Å². The van der Waals surface area contributed by atoms with Gasteiger partial charge in [-0.3, -0.25) is 4.98 Å². The van der Waals surface area contributed by atoms with Crippen molar-refractivity contribution < 1.29 is 4.74 Å². The minimum Gasteiger partial charge on any atom is -0.495 e. The zero-order chi connectivity index (χ0) is 16.7. The molecule has 0 saturated carbocycles. The lowest BCUT2D eigenvalue weighted by atomic mass is 10.1. The van der Waals surface area contributed by atoms with E-state index in [4.69, 9.17) is 32.9 Å². The van der Waals surface area contributed by atoms with Crippen LogP contribution < -0.4 is 10.1 Å². The second-order valence-electron chi connectivity index (χ2n) is 5.90. The van der Waals surface area contributed by atoms with Crippen molar-refractivity contribution in [3.8, 4) is 5.75 Å². The van der Waals surface area contributed by atoms with E-state index in [1.54, 1.807) is 7.11 Å². The molecule has 0 aliphatic heterocycles. The van der Waals surface area contributed by atoms with Crippen molar-refractivity contribution in [2.45, 2.75) is 19.3 Å². The predicted octanol–water partition coefficient (Wildman–Crippen LogP) is 5.78. The molecule has 0 bridgehead atoms. The smallest absolute Gasteiger partial charge is 0.142 e. The second kappa shape index (κ2) is 6.15. The van der Waals surface area contributed by atoms with Crippen LogP contribution in [0.5, 0.6) is 5.75 Å². The summed E-state index contributed by atoms with van der Waals surface area (Å²) in [6.45, 7) is 0. The number of pyridine rings is 1. The molecule has 0 amide bonds. The normalized spacial score (nSPS) is 13.1. The Morgan fingerprint density at radius 1 is 1.04 bits per heavy atom. The Labute approximate surface area is 150 Å². The van der Waals surface area contributed by atoms with Crippen LogP contribution in [0, 0.1) is 0 Å². The van der Waals surface area contributed by atoms with Crippen LogP contribution in [0.3, 0.4) is 0 Å². The van der Waals surface area contributed by atoms with Crippen molar-refractivity contribution in [1.29, 1.82) is 0 Å². The molecule has 0 spiro atoms. The summed E-state index contributed by atoms with van der Waals surface area (Å²) in [5, 5.41) is 5.90. The molecule has 3 aromatic rings. The summed E-state index contributed by atoms with van der Waals surface area (Å²) in [6.07, 6.45) is 3.14. The number of aromatic nitrogens is 1. The van der Waals surface area contributed by atoms with E-state index >= 15 is 0 Å². The van der Waals surface area contributed by atoms with Gasteiger partial charge in [0, 0.05) is 21.1 Å². The molecular formula is C19H16Cl2N2O. The molecule has 0 saturated heterocycles. The molecule has 1 aromatic heterocycles. The lowest BCUT2D eigenvalue weighted by Crippen LogP contribution is -2.01. The number of anilines is 2. The molecule has 0 radical (unpaired) electrons. The van der Waals surface area contributed by atoms with Crippen LogP contribution >= 0.6 is 23.2 Å². The number of rotatable bonds is 3. The molecule has 24 heavy (non-hydrogen) atoms. The first-order chi connectivity index (χ1) is 11.7. The Morgan fingerprint density at radius 3 is 2.67 bits per heavy atom. The van der Waals surface area contributed by atoms with E-state index in [1.165, 1.54) is 5.56 Å². The number of nitrogens with zero attached hydrogens (tertiary/aromatic N) is 1. The number of aryl methyl sites for hydroxylation is 1. The van der Waals surface area contributed by atoms with Crippen molar-refractivity contribution in [2.24, 2.45) is 0 Å². The highest BCUT2D eigenvalue weighted by molar-refractivity contribution is 6.31. The van der Waals surface area contributed by atoms with E-state index in [2.05, 4.69) is 5.32 Å². The molecule has 0 atom stereocenters. The molecule has 4 rings (SSSR count). The molecule has 3 nitrogen and oxygen atoms in total. The van der Waals surface area contributed by atoms with Gasteiger partial charge in [-0.25, -0.2) is 0 Å². The van der Waals surface area contributed by atoms with Crippen LogP contribution in [0.1, 0.15) is 17.7 Å². The molecule has 1 aliphatic rings. The highest BCUT2D eigenvalue weighted by Gasteiger charge is 2.20. The number of hydrogen-bond donors (Lipinski definition) is 1. The van der Waals surface area contributed by atoms with Crippen LogP contribution in [0.15, 0.2) is 36.4 Å². The van der Waals surface area contributed by atoms with Crippen LogP contribution in [0.4, 0.5) is 11.4 Å². The van der Waals surface area contributed by atoms with Gasteiger partial charge in [-0.2, -0.15) is 0 Å². The Morgan fingerprint density at radius 2 is 1.83 bits per heavy atom. The number of halogens is 2. The molecular weight excluding hydrogens is 343 g/mol. The lowest BCUT2D eigenvalue weighted by molar-refractivity contribution is 0.417. The van der Waals surface area contributed by atoms with Crippen molar-refractivity contribution in [1.82, 2.24) is 4.98 Å². The first-order valence-electron chi connectivity index (χ1n) is 7.87. The van der Waals surface area contributed by atoms with Gasteiger partial charge in [0.25, 0.3) is 0 Å². The van der Waals surface area contributed by atoms with E-state index in [0.29, 0.717) is 10.0 Å². The highest BCUT2D eigenvalue weighted by atomic mass is 35.5. The summed E-state index contributed by atoms with van der Waals surface area (Å²) in [6, 6.07) is 11.4. The fraction of sp³-hybridized carbons (Fsp3) is 0.211. The summed E-state index contributed by atoms with van der Waals surface area (Å²) < 4.78 is 5.46. The summed E-state index contributed by atoms with van der Waals surface area (Å²) in [7, 11) is 1.65. The average Bonchev–Trinajstić information content (AvgIpc) is 3.03. The van der Waals surface area contributed by atoms with E-state index in [0.717, 1.165) is 53.0 Å². The summed E-state index contributed by atoms with van der Waals surface area (Å²) in [5.41, 5.74) is 5.26. The predicted molar refractivity (Wildman–Crippen MR) is 100 cm³/mol. The van der Waals surface area contributed by atoms with Crippen molar-refractivity contribution >= 4 is 45.5 Å². The third kappa shape index (κ3) is 2.68. The maximum absolute atomic E-state index is 6.23. The van der Waals surface area contributed by atoms with Gasteiger partial charge in [-0.05, 0) is 61.2 Å². The quantitative estimate of drug-likeness (QED) is 0.643. The SMILES string of the molecule is COc1ccc(Cl)cc1Nc1c2c(nc3ccc(Cl)cc13)CCC2. The van der Waals surface area contributed by atoms with Crippen molar-refractivity contribution in [3.63, 3.8) is 0 Å². The Balaban J connectivity index is 1.93. The average molecular weight is 359 g/mol. The van der Waals surface area contributed by atoms with Gasteiger partial charge >= 0.3 is 0 Å². The fourth-order valence-corrected chi connectivity index (χ4v) is 3.63. The fourth-order valence-electron chi connectivity index (χ4n) is 3.29. The van der Waals surface area contributed by atoms with Gasteiger partial charge < -0.3 is 10.1 Å². The molecule has 0 fully saturated rings. The van der Waals surface area contributed by atoms with Gasteiger partial charge in [0.05, 0.1) is 24.0 Å². The van der Waals surface area contributed by atoms with E-state index in [9.17, 15) is 0 Å². The van der Waals surface area contributed by atoms with Crippen LogP contribution in [-0.2, 0) is 12.8 Å². The third-order valence-electron chi connectivity index (χ3n) is 4.40. The molecule has 1 aliphatic carbocycles. The van der Waals surface area contributed by atoms with E-state index < -0.39 is 0 Å². The minimum atomic E-state index is 0.659. The standard InChI is InChI=1S/C19H16Cl2N2O/c1-24-18-8-6-12(21)10-17(18)23-19-13-3-2-4-15(13)22-16-7-5-11(20)9-14(16)19/h5-10H,2-4H2,1H3,(H,22,23). The third-order valence-corrected chi connectivity index (χ3v) is 4.87. The van der Waals surface area contributed by atoms with Gasteiger partial charge in [0.15, 0.2) is 0 Å². The number of ether oxygens (including phenoxy) is 1. The number of nitrogens with one attached hydrogen (secondary N) is 1. The Bertz CT molecular complexity index is 940. The largest absolute Gasteiger partial charge is 0.495 e. The first-order valence-corrected chi connectivity index (χ1v) is 8.63. The zero-order valence-corrected chi connectivity index (χ0v) is 14.7. The molecule has 122 valence electrons. The maximum atomic E-state index is 6.23. The number of methoxy groups -OCH3 is 1. The minimum absolute atomic E-state index is 0.659. The number of benzene rings is 2. The van der Waals surface area contributed by atoms with Crippen LogP contribution in [0.2, 0.25) is 10.0 Å². The summed E-state index contributed by atoms with van der Waals surface area (Å²) >= 11 is 12.4. The Hall–Kier alpha value is -1.97. The first kappa shape index (κ1) is 15.6. The van der Waals surface area contributed by atoms with Gasteiger partial charge in [0.1, 0.15) is 5.75 Å².